The molecular weight excluding hydrogens is 519 g/mol. The fourth-order valence-electron chi connectivity index (χ4n) is 3.85. The van der Waals surface area contributed by atoms with Crippen LogP contribution in [0.1, 0.15) is 16.1 Å². The Morgan fingerprint density at radius 3 is 2.26 bits per heavy atom. The maximum absolute atomic E-state index is 13.3. The lowest BCUT2D eigenvalue weighted by atomic mass is 10.1. The van der Waals surface area contributed by atoms with Gasteiger partial charge in [0, 0.05) is 22.2 Å². The van der Waals surface area contributed by atoms with Crippen LogP contribution in [0.2, 0.25) is 5.02 Å². The van der Waals surface area contributed by atoms with Crippen LogP contribution < -0.4 is 10.1 Å². The van der Waals surface area contributed by atoms with E-state index in [1.54, 1.807) is 48.0 Å². The number of nitrogens with zero attached hydrogens (tertiary/aromatic N) is 2. The monoisotopic (exact) mass is 537 g/mol. The van der Waals surface area contributed by atoms with Crippen LogP contribution in [0.3, 0.4) is 0 Å². The molecule has 0 unspecified atom stereocenters. The number of aromatic nitrogens is 2. The number of aryl methyl sites for hydroxylation is 1. The highest BCUT2D eigenvalue weighted by molar-refractivity contribution is 6.30. The highest BCUT2D eigenvalue weighted by Gasteiger charge is 2.31. The molecule has 192 valence electrons. The Morgan fingerprint density at radius 1 is 0.947 bits per heavy atom. The number of para-hydroxylation sites is 1. The maximum atomic E-state index is 13.3. The number of halogens is 4. The lowest BCUT2D eigenvalue weighted by Crippen LogP contribution is -2.16. The third kappa shape index (κ3) is 5.57. The molecule has 0 saturated carbocycles. The molecule has 5 rings (SSSR count). The zero-order valence-corrected chi connectivity index (χ0v) is 20.5. The van der Waals surface area contributed by atoms with Gasteiger partial charge in [0.1, 0.15) is 23.1 Å². The Balaban J connectivity index is 1.46. The molecular formula is C28H19ClF3N3O3. The molecule has 0 aliphatic heterocycles. The molecule has 0 saturated heterocycles. The predicted molar refractivity (Wildman–Crippen MR) is 138 cm³/mol. The van der Waals surface area contributed by atoms with Crippen molar-refractivity contribution in [3.63, 3.8) is 0 Å². The van der Waals surface area contributed by atoms with Gasteiger partial charge in [-0.05, 0) is 73.7 Å². The first-order valence-electron chi connectivity index (χ1n) is 11.4. The zero-order chi connectivity index (χ0) is 26.9. The number of rotatable bonds is 6. The second-order valence-electron chi connectivity index (χ2n) is 8.28. The molecule has 0 bridgehead atoms. The van der Waals surface area contributed by atoms with Crippen LogP contribution in [-0.4, -0.2) is 22.1 Å². The molecule has 10 heteroatoms. The number of benzene rings is 3. The third-order valence-electron chi connectivity index (χ3n) is 5.63. The highest BCUT2D eigenvalue weighted by atomic mass is 35.5. The number of hydrogen-bond acceptors (Lipinski definition) is 4. The molecule has 2 aromatic heterocycles. The quantitative estimate of drug-likeness (QED) is 0.239. The van der Waals surface area contributed by atoms with Crippen LogP contribution in [0.4, 0.5) is 19.0 Å². The SMILES string of the molecule is Cc1oc(-c2ccc(Cl)cc2)cc1C(=O)Nc1cc(-c2ccc(OC(F)(F)F)cc2)nn1-c1ccccc1. The standard InChI is InChI=1S/C28H19ClF3N3O3/c1-17-23(15-25(37-17)19-7-11-20(29)12-8-19)27(36)33-26-16-24(34-35(26)21-5-3-2-4-6-21)18-9-13-22(14-10-18)38-28(30,31)32/h2-16H,1H3,(H,33,36). The first-order valence-corrected chi connectivity index (χ1v) is 11.7. The minimum absolute atomic E-state index is 0.339. The number of nitrogens with one attached hydrogen (secondary N) is 1. The minimum Gasteiger partial charge on any atom is -0.461 e. The molecule has 2 heterocycles. The smallest absolute Gasteiger partial charge is 0.461 e. The first-order chi connectivity index (χ1) is 18.2. The summed E-state index contributed by atoms with van der Waals surface area (Å²) in [6, 6.07) is 24.8. The first kappa shape index (κ1) is 25.2. The number of anilines is 1. The summed E-state index contributed by atoms with van der Waals surface area (Å²) in [4.78, 5) is 13.3. The van der Waals surface area contributed by atoms with Crippen molar-refractivity contribution >= 4 is 23.3 Å². The molecule has 5 aromatic rings. The van der Waals surface area contributed by atoms with E-state index in [-0.39, 0.29) is 5.75 Å². The Kier molecular flexibility index (Phi) is 6.69. The van der Waals surface area contributed by atoms with Crippen molar-refractivity contribution in [1.29, 1.82) is 0 Å². The molecule has 0 aliphatic rings. The van der Waals surface area contributed by atoms with E-state index < -0.39 is 12.3 Å². The number of furan rings is 1. The van der Waals surface area contributed by atoms with Crippen LogP contribution in [-0.2, 0) is 0 Å². The van der Waals surface area contributed by atoms with Crippen molar-refractivity contribution in [3.8, 4) is 34.0 Å². The summed E-state index contributed by atoms with van der Waals surface area (Å²) >= 11 is 5.97. The summed E-state index contributed by atoms with van der Waals surface area (Å²) in [5.74, 6) is 0.551. The number of hydrogen-bond donors (Lipinski definition) is 1. The van der Waals surface area contributed by atoms with Crippen molar-refractivity contribution in [3.05, 3.63) is 107 Å². The van der Waals surface area contributed by atoms with Gasteiger partial charge < -0.3 is 14.5 Å². The number of ether oxygens (including phenoxy) is 1. The predicted octanol–water partition coefficient (Wildman–Crippen LogP) is 7.91. The normalized spacial score (nSPS) is 11.4. The summed E-state index contributed by atoms with van der Waals surface area (Å²) in [6.45, 7) is 1.69. The summed E-state index contributed by atoms with van der Waals surface area (Å²) in [6.07, 6.45) is -4.79. The summed E-state index contributed by atoms with van der Waals surface area (Å²) in [5, 5.41) is 8.05. The van der Waals surface area contributed by atoms with E-state index in [0.717, 1.165) is 5.56 Å². The van der Waals surface area contributed by atoms with Crippen LogP contribution >= 0.6 is 11.6 Å². The highest BCUT2D eigenvalue weighted by Crippen LogP contribution is 2.30. The van der Waals surface area contributed by atoms with Gasteiger partial charge in [-0.2, -0.15) is 5.10 Å². The molecule has 6 nitrogen and oxygen atoms in total. The third-order valence-corrected chi connectivity index (χ3v) is 5.88. The van der Waals surface area contributed by atoms with Gasteiger partial charge in [0.15, 0.2) is 0 Å². The maximum Gasteiger partial charge on any atom is 0.573 e. The van der Waals surface area contributed by atoms with Crippen molar-refractivity contribution in [2.45, 2.75) is 13.3 Å². The second kappa shape index (κ2) is 10.1. The van der Waals surface area contributed by atoms with Crippen molar-refractivity contribution < 1.29 is 27.1 Å². The average Bonchev–Trinajstić information content (AvgIpc) is 3.48. The molecule has 38 heavy (non-hydrogen) atoms. The molecule has 0 radical (unpaired) electrons. The van der Waals surface area contributed by atoms with E-state index in [1.807, 2.05) is 30.3 Å². The van der Waals surface area contributed by atoms with Crippen molar-refractivity contribution in [1.82, 2.24) is 9.78 Å². The number of alkyl halides is 3. The Morgan fingerprint density at radius 2 is 1.61 bits per heavy atom. The summed E-state index contributed by atoms with van der Waals surface area (Å²) in [7, 11) is 0. The van der Waals surface area contributed by atoms with Gasteiger partial charge in [0.25, 0.3) is 5.91 Å². The van der Waals surface area contributed by atoms with Gasteiger partial charge in [-0.25, -0.2) is 4.68 Å². The van der Waals surface area contributed by atoms with Gasteiger partial charge in [0.2, 0.25) is 0 Å². The molecule has 0 spiro atoms. The molecule has 0 aliphatic carbocycles. The van der Waals surface area contributed by atoms with E-state index >= 15 is 0 Å². The summed E-state index contributed by atoms with van der Waals surface area (Å²) in [5.41, 5.74) is 2.76. The zero-order valence-electron chi connectivity index (χ0n) is 19.8. The van der Waals surface area contributed by atoms with E-state index in [2.05, 4.69) is 15.2 Å². The van der Waals surface area contributed by atoms with E-state index in [0.29, 0.717) is 44.9 Å². The molecule has 0 fully saturated rings. The van der Waals surface area contributed by atoms with Gasteiger partial charge in [0.05, 0.1) is 16.9 Å². The number of carbonyl (C=O) groups is 1. The van der Waals surface area contributed by atoms with Gasteiger partial charge in [-0.1, -0.05) is 29.8 Å². The van der Waals surface area contributed by atoms with Crippen LogP contribution in [0.5, 0.6) is 5.75 Å². The Labute approximate surface area is 220 Å². The Bertz CT molecular complexity index is 1580. The topological polar surface area (TPSA) is 69.3 Å². The Hall–Kier alpha value is -4.50. The second-order valence-corrected chi connectivity index (χ2v) is 8.71. The molecule has 0 atom stereocenters. The van der Waals surface area contributed by atoms with Crippen LogP contribution in [0, 0.1) is 6.92 Å². The van der Waals surface area contributed by atoms with Crippen LogP contribution in [0.25, 0.3) is 28.3 Å². The van der Waals surface area contributed by atoms with Crippen molar-refractivity contribution in [2.24, 2.45) is 0 Å². The van der Waals surface area contributed by atoms with E-state index in [9.17, 15) is 18.0 Å². The van der Waals surface area contributed by atoms with E-state index in [4.69, 9.17) is 16.0 Å². The number of carbonyl (C=O) groups excluding carboxylic acids is 1. The lowest BCUT2D eigenvalue weighted by molar-refractivity contribution is -0.274. The van der Waals surface area contributed by atoms with Crippen molar-refractivity contribution in [2.75, 3.05) is 5.32 Å². The minimum atomic E-state index is -4.79. The molecule has 1 amide bonds. The van der Waals surface area contributed by atoms with Gasteiger partial charge >= 0.3 is 6.36 Å². The average molecular weight is 538 g/mol. The fraction of sp³-hybridized carbons (Fsp3) is 0.0714. The lowest BCUT2D eigenvalue weighted by Gasteiger charge is -2.08. The molecule has 3 aromatic carbocycles. The molecule has 1 N–H and O–H groups in total. The van der Waals surface area contributed by atoms with Gasteiger partial charge in [-0.15, -0.1) is 13.2 Å². The fourth-order valence-corrected chi connectivity index (χ4v) is 3.98. The number of amides is 1. The summed E-state index contributed by atoms with van der Waals surface area (Å²) < 4.78 is 48.9. The van der Waals surface area contributed by atoms with Gasteiger partial charge in [-0.3, -0.25) is 4.79 Å². The largest absolute Gasteiger partial charge is 0.573 e. The van der Waals surface area contributed by atoms with Crippen LogP contribution in [0.15, 0.2) is 95.4 Å². The van der Waals surface area contributed by atoms with E-state index in [1.165, 1.54) is 24.3 Å².